The van der Waals surface area contributed by atoms with Crippen molar-refractivity contribution in [1.29, 1.82) is 0 Å². The summed E-state index contributed by atoms with van der Waals surface area (Å²) in [5, 5.41) is 0. The second kappa shape index (κ2) is 6.31. The van der Waals surface area contributed by atoms with Crippen molar-refractivity contribution in [3.05, 3.63) is 51.7 Å². The van der Waals surface area contributed by atoms with Crippen molar-refractivity contribution >= 4 is 48.6 Å². The van der Waals surface area contributed by atoms with Crippen LogP contribution in [-0.2, 0) is 0 Å². The van der Waals surface area contributed by atoms with Gasteiger partial charge in [-0.05, 0) is 50.1 Å². The van der Waals surface area contributed by atoms with E-state index in [1.165, 1.54) is 0 Å². The van der Waals surface area contributed by atoms with Crippen LogP contribution in [0.15, 0.2) is 51.7 Å². The molecule has 0 aliphatic heterocycles. The number of imidazole rings is 2. The van der Waals surface area contributed by atoms with E-state index in [4.69, 9.17) is 4.98 Å². The quantitative estimate of drug-likeness (QED) is 0.441. The Morgan fingerprint density at radius 3 is 2.16 bits per heavy atom. The second-order valence-corrected chi connectivity index (χ2v) is 7.46. The van der Waals surface area contributed by atoms with Crippen molar-refractivity contribution in [1.82, 2.24) is 19.9 Å². The number of fused-ring (bicyclic) bond motifs is 1. The second-order valence-electron chi connectivity index (χ2n) is 5.92. The van der Waals surface area contributed by atoms with E-state index < -0.39 is 0 Å². The molecule has 2 N–H and O–H groups in total. The Morgan fingerprint density at radius 1 is 0.880 bits per heavy atom. The molecule has 5 nitrogen and oxygen atoms in total. The third kappa shape index (κ3) is 2.98. The third-order valence-corrected chi connectivity index (χ3v) is 5.72. The standard InChI is InChI=1S/C18H15Br2N5/c1-25(2)10-7-8-13-14(9-10)22-17(21-13)11-5-3-4-6-12(11)18-23-15(19)16(20)24-18/h3-9H,1-2H3,(H,21,22)(H,23,24). The molecule has 0 atom stereocenters. The van der Waals surface area contributed by atoms with E-state index in [0.29, 0.717) is 0 Å². The van der Waals surface area contributed by atoms with Gasteiger partial charge in [0.25, 0.3) is 0 Å². The molecule has 0 amide bonds. The Balaban J connectivity index is 1.86. The van der Waals surface area contributed by atoms with Crippen molar-refractivity contribution in [3.8, 4) is 22.8 Å². The summed E-state index contributed by atoms with van der Waals surface area (Å²) in [5.41, 5.74) is 5.07. The van der Waals surface area contributed by atoms with Gasteiger partial charge in [0.05, 0.1) is 11.0 Å². The van der Waals surface area contributed by atoms with Crippen LogP contribution in [0.5, 0.6) is 0 Å². The van der Waals surface area contributed by atoms with Crippen LogP contribution in [-0.4, -0.2) is 34.0 Å². The number of benzene rings is 2. The monoisotopic (exact) mass is 459 g/mol. The van der Waals surface area contributed by atoms with Gasteiger partial charge < -0.3 is 14.9 Å². The number of halogens is 2. The Hall–Kier alpha value is -2.12. The molecule has 0 unspecified atom stereocenters. The fourth-order valence-electron chi connectivity index (χ4n) is 2.76. The summed E-state index contributed by atoms with van der Waals surface area (Å²) in [7, 11) is 4.06. The number of rotatable bonds is 3. The van der Waals surface area contributed by atoms with E-state index in [1.807, 2.05) is 44.4 Å². The maximum Gasteiger partial charge on any atom is 0.140 e. The maximum atomic E-state index is 4.76. The van der Waals surface area contributed by atoms with Gasteiger partial charge in [0.1, 0.15) is 20.9 Å². The highest BCUT2D eigenvalue weighted by Crippen LogP contribution is 2.33. The average Bonchev–Trinajstić information content (AvgIpc) is 3.17. The molecule has 4 aromatic rings. The van der Waals surface area contributed by atoms with E-state index in [1.54, 1.807) is 0 Å². The van der Waals surface area contributed by atoms with Crippen molar-refractivity contribution in [2.45, 2.75) is 0 Å². The molecule has 0 bridgehead atoms. The minimum atomic E-state index is 0.748. The molecule has 2 aromatic heterocycles. The van der Waals surface area contributed by atoms with E-state index in [-0.39, 0.29) is 0 Å². The topological polar surface area (TPSA) is 60.6 Å². The molecule has 0 saturated heterocycles. The normalized spacial score (nSPS) is 11.2. The van der Waals surface area contributed by atoms with Crippen LogP contribution < -0.4 is 4.90 Å². The predicted octanol–water partition coefficient (Wildman–Crippen LogP) is 5.21. The SMILES string of the molecule is CN(C)c1ccc2nc(-c3ccccc3-c3nc(Br)c(Br)[nH]3)[nH]c2c1. The lowest BCUT2D eigenvalue weighted by Crippen LogP contribution is -2.07. The van der Waals surface area contributed by atoms with Gasteiger partial charge in [-0.15, -0.1) is 0 Å². The molecule has 25 heavy (non-hydrogen) atoms. The van der Waals surface area contributed by atoms with Crippen LogP contribution >= 0.6 is 31.9 Å². The number of anilines is 1. The molecule has 7 heteroatoms. The van der Waals surface area contributed by atoms with Crippen LogP contribution in [0.25, 0.3) is 33.8 Å². The summed E-state index contributed by atoms with van der Waals surface area (Å²) in [4.78, 5) is 18.0. The molecule has 2 aromatic carbocycles. The van der Waals surface area contributed by atoms with Crippen molar-refractivity contribution in [2.24, 2.45) is 0 Å². The van der Waals surface area contributed by atoms with Crippen LogP contribution in [0.4, 0.5) is 5.69 Å². The lowest BCUT2D eigenvalue weighted by Gasteiger charge is -2.11. The Labute approximate surface area is 161 Å². The van der Waals surface area contributed by atoms with Gasteiger partial charge in [0, 0.05) is 30.9 Å². The highest BCUT2D eigenvalue weighted by Gasteiger charge is 2.15. The smallest absolute Gasteiger partial charge is 0.140 e. The van der Waals surface area contributed by atoms with Gasteiger partial charge in [-0.2, -0.15) is 0 Å². The number of hydrogen-bond acceptors (Lipinski definition) is 3. The first-order valence-corrected chi connectivity index (χ1v) is 9.29. The summed E-state index contributed by atoms with van der Waals surface area (Å²) in [5.74, 6) is 1.61. The molecule has 2 heterocycles. The van der Waals surface area contributed by atoms with Gasteiger partial charge in [0.2, 0.25) is 0 Å². The van der Waals surface area contributed by atoms with Gasteiger partial charge in [-0.25, -0.2) is 9.97 Å². The fourth-order valence-corrected chi connectivity index (χ4v) is 3.31. The highest BCUT2D eigenvalue weighted by atomic mass is 79.9. The zero-order valence-electron chi connectivity index (χ0n) is 13.6. The zero-order valence-corrected chi connectivity index (χ0v) is 16.8. The summed E-state index contributed by atoms with van der Waals surface area (Å²) in [6.45, 7) is 0. The molecule has 126 valence electrons. The van der Waals surface area contributed by atoms with Gasteiger partial charge in [-0.3, -0.25) is 0 Å². The van der Waals surface area contributed by atoms with E-state index in [2.05, 4.69) is 63.8 Å². The van der Waals surface area contributed by atoms with Crippen molar-refractivity contribution in [3.63, 3.8) is 0 Å². The molecular weight excluding hydrogens is 446 g/mol. The van der Waals surface area contributed by atoms with Crippen LogP contribution in [0, 0.1) is 0 Å². The Morgan fingerprint density at radius 2 is 1.56 bits per heavy atom. The predicted molar refractivity (Wildman–Crippen MR) is 109 cm³/mol. The maximum absolute atomic E-state index is 4.76. The highest BCUT2D eigenvalue weighted by molar-refractivity contribution is 9.13. The first-order valence-electron chi connectivity index (χ1n) is 7.71. The van der Waals surface area contributed by atoms with Crippen molar-refractivity contribution in [2.75, 3.05) is 19.0 Å². The van der Waals surface area contributed by atoms with Crippen LogP contribution in [0.2, 0.25) is 0 Å². The minimum absolute atomic E-state index is 0.748. The number of nitrogens with one attached hydrogen (secondary N) is 2. The lowest BCUT2D eigenvalue weighted by atomic mass is 10.1. The summed E-state index contributed by atoms with van der Waals surface area (Å²) in [6.07, 6.45) is 0. The van der Waals surface area contributed by atoms with Gasteiger partial charge in [-0.1, -0.05) is 24.3 Å². The number of aromatic amines is 2. The summed E-state index contributed by atoms with van der Waals surface area (Å²) < 4.78 is 1.56. The van der Waals surface area contributed by atoms with Crippen LogP contribution in [0.3, 0.4) is 0 Å². The van der Waals surface area contributed by atoms with Gasteiger partial charge >= 0.3 is 0 Å². The summed E-state index contributed by atoms with van der Waals surface area (Å²) >= 11 is 6.88. The minimum Gasteiger partial charge on any atom is -0.378 e. The van der Waals surface area contributed by atoms with E-state index in [0.717, 1.165) is 48.7 Å². The van der Waals surface area contributed by atoms with E-state index >= 15 is 0 Å². The molecule has 0 aliphatic carbocycles. The molecular formula is C18H15Br2N5. The first-order chi connectivity index (χ1) is 12.0. The molecule has 4 rings (SSSR count). The fraction of sp³-hybridized carbons (Fsp3) is 0.111. The Kier molecular flexibility index (Phi) is 4.13. The zero-order chi connectivity index (χ0) is 17.6. The van der Waals surface area contributed by atoms with Gasteiger partial charge in [0.15, 0.2) is 0 Å². The molecule has 0 fully saturated rings. The van der Waals surface area contributed by atoms with Crippen molar-refractivity contribution < 1.29 is 0 Å². The summed E-state index contributed by atoms with van der Waals surface area (Å²) in [6, 6.07) is 14.3. The number of H-pyrrole nitrogens is 2. The largest absolute Gasteiger partial charge is 0.378 e. The number of nitrogens with zero attached hydrogens (tertiary/aromatic N) is 3. The van der Waals surface area contributed by atoms with E-state index in [9.17, 15) is 0 Å². The third-order valence-electron chi connectivity index (χ3n) is 4.04. The molecule has 0 radical (unpaired) electrons. The van der Waals surface area contributed by atoms with Crippen LogP contribution in [0.1, 0.15) is 0 Å². The number of aromatic nitrogens is 4. The lowest BCUT2D eigenvalue weighted by molar-refractivity contribution is 1.13. The Bertz CT molecular complexity index is 1040. The first kappa shape index (κ1) is 16.4. The molecule has 0 spiro atoms. The average molecular weight is 461 g/mol. The molecule has 0 aliphatic rings. The number of hydrogen-bond donors (Lipinski definition) is 2. The molecule has 0 saturated carbocycles.